The lowest BCUT2D eigenvalue weighted by Crippen LogP contribution is -2.05. The Morgan fingerprint density at radius 2 is 2.12 bits per heavy atom. The minimum absolute atomic E-state index is 0.0279. The molecular weight excluding hydrogens is 366 g/mol. The molecule has 0 aliphatic carbocycles. The van der Waals surface area contributed by atoms with Crippen LogP contribution in [-0.4, -0.2) is 30.3 Å². The average Bonchev–Trinajstić information content (AvgIpc) is 3.29. The fourth-order valence-corrected chi connectivity index (χ4v) is 4.48. The van der Waals surface area contributed by atoms with Crippen molar-refractivity contribution in [3.63, 3.8) is 0 Å². The Morgan fingerprint density at radius 1 is 1.27 bits per heavy atom. The van der Waals surface area contributed by atoms with Crippen LogP contribution in [0.3, 0.4) is 0 Å². The molecule has 2 N–H and O–H groups in total. The average molecular weight is 379 g/mol. The van der Waals surface area contributed by atoms with Gasteiger partial charge in [0.2, 0.25) is 0 Å². The van der Waals surface area contributed by atoms with Crippen molar-refractivity contribution >= 4 is 49.9 Å². The molecule has 6 nitrogen and oxygen atoms in total. The summed E-state index contributed by atoms with van der Waals surface area (Å²) in [5.41, 5.74) is 2.58. The smallest absolute Gasteiger partial charge is 0.152 e. The third kappa shape index (κ3) is 2.92. The number of benzene rings is 1. The first-order chi connectivity index (χ1) is 12.7. The monoisotopic (exact) mass is 379 g/mol. The van der Waals surface area contributed by atoms with Crippen molar-refractivity contribution in [2.75, 3.05) is 0 Å². The van der Waals surface area contributed by atoms with Crippen LogP contribution in [0.25, 0.3) is 26.8 Å². The van der Waals surface area contributed by atoms with Crippen molar-refractivity contribution in [2.24, 2.45) is 0 Å². The zero-order valence-corrected chi connectivity index (χ0v) is 15.3. The van der Waals surface area contributed by atoms with E-state index < -0.39 is 0 Å². The summed E-state index contributed by atoms with van der Waals surface area (Å²) in [6, 6.07) is 11.5. The van der Waals surface area contributed by atoms with Gasteiger partial charge in [0.25, 0.3) is 0 Å². The number of rotatable bonds is 4. The highest BCUT2D eigenvalue weighted by Crippen LogP contribution is 2.34. The Balaban J connectivity index is 1.70. The van der Waals surface area contributed by atoms with E-state index in [1.54, 1.807) is 11.3 Å². The summed E-state index contributed by atoms with van der Waals surface area (Å²) in [5.74, 6) is 0.336. The summed E-state index contributed by atoms with van der Waals surface area (Å²) in [6.45, 7) is 1.83. The van der Waals surface area contributed by atoms with E-state index in [-0.39, 0.29) is 16.6 Å². The summed E-state index contributed by atoms with van der Waals surface area (Å²) < 4.78 is 0.972. The minimum atomic E-state index is -0.363. The van der Waals surface area contributed by atoms with E-state index >= 15 is 0 Å². The number of aliphatic hydroxyl groups excluding tert-OH is 1. The van der Waals surface area contributed by atoms with E-state index in [0.29, 0.717) is 5.82 Å². The van der Waals surface area contributed by atoms with Crippen molar-refractivity contribution in [1.29, 1.82) is 5.26 Å². The van der Waals surface area contributed by atoms with Crippen LogP contribution in [0.15, 0.2) is 52.8 Å². The third-order valence-electron chi connectivity index (χ3n) is 3.88. The SMILES string of the molecule is CC(Sc1ncnc2ccsc12)/C(O)=C(\C#N)c1nc2ccccc2[nH]1. The molecule has 1 unspecified atom stereocenters. The number of hydrogen-bond donors (Lipinski definition) is 2. The number of aromatic amines is 1. The fourth-order valence-electron chi connectivity index (χ4n) is 2.58. The number of nitriles is 1. The number of fused-ring (bicyclic) bond motifs is 2. The highest BCUT2D eigenvalue weighted by Gasteiger charge is 2.20. The van der Waals surface area contributed by atoms with Crippen LogP contribution < -0.4 is 0 Å². The van der Waals surface area contributed by atoms with Gasteiger partial charge in [-0.15, -0.1) is 11.3 Å². The fraction of sp³-hybridized carbons (Fsp3) is 0.111. The summed E-state index contributed by atoms with van der Waals surface area (Å²) in [4.78, 5) is 16.0. The van der Waals surface area contributed by atoms with E-state index in [4.69, 9.17) is 0 Å². The maximum atomic E-state index is 10.7. The van der Waals surface area contributed by atoms with Crippen molar-refractivity contribution in [3.8, 4) is 6.07 Å². The highest BCUT2D eigenvalue weighted by atomic mass is 32.2. The van der Waals surface area contributed by atoms with E-state index in [2.05, 4.69) is 26.0 Å². The Labute approximate surface area is 157 Å². The lowest BCUT2D eigenvalue weighted by atomic mass is 10.2. The Morgan fingerprint density at radius 3 is 2.92 bits per heavy atom. The Bertz CT molecular complexity index is 1140. The summed E-state index contributed by atoms with van der Waals surface area (Å²) in [7, 11) is 0. The molecule has 0 aliphatic rings. The number of imidazole rings is 1. The van der Waals surface area contributed by atoms with Crippen molar-refractivity contribution in [1.82, 2.24) is 19.9 Å². The molecule has 4 aromatic rings. The van der Waals surface area contributed by atoms with Crippen LogP contribution in [0, 0.1) is 11.3 Å². The number of hydrogen-bond acceptors (Lipinski definition) is 7. The highest BCUT2D eigenvalue weighted by molar-refractivity contribution is 8.00. The second-order valence-electron chi connectivity index (χ2n) is 5.55. The molecule has 3 aromatic heterocycles. The van der Waals surface area contributed by atoms with Crippen LogP contribution in [0.2, 0.25) is 0 Å². The van der Waals surface area contributed by atoms with Gasteiger partial charge in [-0.05, 0) is 30.5 Å². The number of para-hydroxylation sites is 2. The van der Waals surface area contributed by atoms with Gasteiger partial charge in [0.15, 0.2) is 5.82 Å². The molecule has 0 fully saturated rings. The molecule has 26 heavy (non-hydrogen) atoms. The van der Waals surface area contributed by atoms with Crippen LogP contribution in [-0.2, 0) is 0 Å². The van der Waals surface area contributed by atoms with Gasteiger partial charge in [0, 0.05) is 0 Å². The molecule has 0 spiro atoms. The lowest BCUT2D eigenvalue weighted by molar-refractivity contribution is 0.402. The molecule has 0 aliphatic heterocycles. The van der Waals surface area contributed by atoms with Crippen LogP contribution >= 0.6 is 23.1 Å². The van der Waals surface area contributed by atoms with Gasteiger partial charge in [-0.25, -0.2) is 15.0 Å². The quantitative estimate of drug-likeness (QED) is 0.234. The van der Waals surface area contributed by atoms with E-state index in [1.165, 1.54) is 18.1 Å². The van der Waals surface area contributed by atoms with E-state index in [1.807, 2.05) is 42.6 Å². The molecule has 3 heterocycles. The van der Waals surface area contributed by atoms with Crippen molar-refractivity contribution in [3.05, 3.63) is 53.6 Å². The van der Waals surface area contributed by atoms with Crippen LogP contribution in [0.1, 0.15) is 12.7 Å². The zero-order chi connectivity index (χ0) is 18.1. The maximum Gasteiger partial charge on any atom is 0.152 e. The first kappa shape index (κ1) is 16.6. The lowest BCUT2D eigenvalue weighted by Gasteiger charge is -2.11. The predicted molar refractivity (Wildman–Crippen MR) is 104 cm³/mol. The van der Waals surface area contributed by atoms with Gasteiger partial charge in [-0.2, -0.15) is 5.26 Å². The molecule has 4 rings (SSSR count). The first-order valence-corrected chi connectivity index (χ1v) is 9.56. The number of nitrogens with one attached hydrogen (secondary N) is 1. The number of aliphatic hydroxyl groups is 1. The van der Waals surface area contributed by atoms with Gasteiger partial charge in [0.1, 0.15) is 28.8 Å². The number of nitrogens with zero attached hydrogens (tertiary/aromatic N) is 4. The van der Waals surface area contributed by atoms with Gasteiger partial charge in [-0.3, -0.25) is 0 Å². The van der Waals surface area contributed by atoms with E-state index in [0.717, 1.165) is 26.3 Å². The minimum Gasteiger partial charge on any atom is -0.510 e. The van der Waals surface area contributed by atoms with Gasteiger partial charge in [-0.1, -0.05) is 23.9 Å². The normalized spacial score (nSPS) is 13.5. The molecular formula is C18H13N5OS2. The molecule has 0 radical (unpaired) electrons. The topological polar surface area (TPSA) is 98.5 Å². The van der Waals surface area contributed by atoms with E-state index in [9.17, 15) is 10.4 Å². The van der Waals surface area contributed by atoms with Gasteiger partial charge in [0.05, 0.1) is 26.5 Å². The molecule has 1 atom stereocenters. The molecule has 128 valence electrons. The Hall–Kier alpha value is -2.89. The van der Waals surface area contributed by atoms with Gasteiger partial charge >= 0.3 is 0 Å². The number of thioether (sulfide) groups is 1. The van der Waals surface area contributed by atoms with Crippen LogP contribution in [0.4, 0.5) is 0 Å². The first-order valence-electron chi connectivity index (χ1n) is 7.80. The number of allylic oxidation sites excluding steroid dienone is 1. The zero-order valence-electron chi connectivity index (χ0n) is 13.7. The largest absolute Gasteiger partial charge is 0.510 e. The molecule has 0 amide bonds. The molecule has 1 aromatic carbocycles. The standard InChI is InChI=1S/C18H13N5OS2/c1-10(26-18-16-14(6-7-25-16)20-9-21-18)15(24)11(8-19)17-22-12-4-2-3-5-13(12)23-17/h2-7,9-10,24H,1H3,(H,22,23)/b15-11-. The Kier molecular flexibility index (Phi) is 4.32. The number of thiophene rings is 1. The predicted octanol–water partition coefficient (Wildman–Crippen LogP) is 4.54. The molecule has 8 heteroatoms. The maximum absolute atomic E-state index is 10.7. The summed E-state index contributed by atoms with van der Waals surface area (Å²) >= 11 is 2.94. The number of H-pyrrole nitrogens is 1. The van der Waals surface area contributed by atoms with Crippen LogP contribution in [0.5, 0.6) is 0 Å². The van der Waals surface area contributed by atoms with Crippen molar-refractivity contribution in [2.45, 2.75) is 17.2 Å². The van der Waals surface area contributed by atoms with Gasteiger partial charge < -0.3 is 10.1 Å². The summed E-state index contributed by atoms with van der Waals surface area (Å²) in [6.07, 6.45) is 1.51. The van der Waals surface area contributed by atoms with Crippen molar-refractivity contribution < 1.29 is 5.11 Å². The second kappa shape index (κ2) is 6.78. The molecule has 0 saturated heterocycles. The second-order valence-corrected chi connectivity index (χ2v) is 7.79. The third-order valence-corrected chi connectivity index (χ3v) is 6.03. The molecule has 0 bridgehead atoms. The molecule has 0 saturated carbocycles. The number of aromatic nitrogens is 4. The summed E-state index contributed by atoms with van der Waals surface area (Å²) in [5, 5.41) is 22.6.